The van der Waals surface area contributed by atoms with Gasteiger partial charge in [0.2, 0.25) is 5.91 Å². The van der Waals surface area contributed by atoms with Crippen LogP contribution >= 0.6 is 11.3 Å². The Morgan fingerprint density at radius 1 is 1.59 bits per heavy atom. The summed E-state index contributed by atoms with van der Waals surface area (Å²) in [7, 11) is 1.57. The minimum Gasteiger partial charge on any atom is -0.394 e. The summed E-state index contributed by atoms with van der Waals surface area (Å²) in [4.78, 5) is 25.2. The van der Waals surface area contributed by atoms with Gasteiger partial charge in [-0.15, -0.1) is 11.3 Å². The molecule has 1 unspecified atom stereocenters. The van der Waals surface area contributed by atoms with E-state index >= 15 is 0 Å². The molecule has 1 aromatic rings. The lowest BCUT2D eigenvalue weighted by atomic mass is 10.3. The van der Waals surface area contributed by atoms with Crippen LogP contribution in [0.1, 0.15) is 16.6 Å². The third-order valence-corrected chi connectivity index (χ3v) is 3.00. The maximum atomic E-state index is 11.8. The lowest BCUT2D eigenvalue weighted by Gasteiger charge is -2.17. The zero-order chi connectivity index (χ0) is 12.8. The van der Waals surface area contributed by atoms with Crippen molar-refractivity contribution >= 4 is 23.2 Å². The summed E-state index contributed by atoms with van der Waals surface area (Å²) in [6.45, 7) is 1.56. The van der Waals surface area contributed by atoms with Gasteiger partial charge in [-0.05, 0) is 18.4 Å². The number of nitrogens with zero attached hydrogens (tertiary/aromatic N) is 1. The molecule has 1 heterocycles. The summed E-state index contributed by atoms with van der Waals surface area (Å²) >= 11 is 1.34. The van der Waals surface area contributed by atoms with E-state index in [9.17, 15) is 9.59 Å². The highest BCUT2D eigenvalue weighted by molar-refractivity contribution is 7.12. The molecule has 0 bridgehead atoms. The number of amides is 2. The van der Waals surface area contributed by atoms with Crippen molar-refractivity contribution in [2.45, 2.75) is 13.0 Å². The van der Waals surface area contributed by atoms with Crippen molar-refractivity contribution in [2.24, 2.45) is 0 Å². The zero-order valence-electron chi connectivity index (χ0n) is 9.84. The number of carbonyl (C=O) groups is 2. The highest BCUT2D eigenvalue weighted by Crippen LogP contribution is 2.10. The third kappa shape index (κ3) is 4.16. The second-order valence-corrected chi connectivity index (χ2v) is 4.74. The van der Waals surface area contributed by atoms with Crippen LogP contribution in [0.5, 0.6) is 0 Å². The molecule has 1 aromatic heterocycles. The first kappa shape index (κ1) is 13.7. The van der Waals surface area contributed by atoms with Gasteiger partial charge in [-0.2, -0.15) is 0 Å². The van der Waals surface area contributed by atoms with Crippen molar-refractivity contribution in [1.29, 1.82) is 0 Å². The molecule has 0 spiro atoms. The Kier molecular flexibility index (Phi) is 5.11. The van der Waals surface area contributed by atoms with Crippen LogP contribution < -0.4 is 5.32 Å². The Hall–Kier alpha value is -1.40. The second-order valence-electron chi connectivity index (χ2n) is 3.79. The molecule has 0 saturated heterocycles. The van der Waals surface area contributed by atoms with Gasteiger partial charge in [0, 0.05) is 13.1 Å². The SMILES string of the molecule is CC(CO)NC(=O)CN(C)C(=O)c1cccs1. The number of aliphatic hydroxyl groups excluding tert-OH is 1. The lowest BCUT2D eigenvalue weighted by Crippen LogP contribution is -2.42. The average molecular weight is 256 g/mol. The number of carbonyl (C=O) groups excluding carboxylic acids is 2. The van der Waals surface area contributed by atoms with Crippen LogP contribution in [0.25, 0.3) is 0 Å². The molecule has 0 fully saturated rings. The maximum absolute atomic E-state index is 11.8. The lowest BCUT2D eigenvalue weighted by molar-refractivity contribution is -0.122. The molecule has 17 heavy (non-hydrogen) atoms. The molecule has 1 atom stereocenters. The Morgan fingerprint density at radius 3 is 2.82 bits per heavy atom. The van der Waals surface area contributed by atoms with E-state index in [4.69, 9.17) is 5.11 Å². The molecule has 6 heteroatoms. The molecular formula is C11H16N2O3S. The highest BCUT2D eigenvalue weighted by atomic mass is 32.1. The average Bonchev–Trinajstić information content (AvgIpc) is 2.80. The highest BCUT2D eigenvalue weighted by Gasteiger charge is 2.16. The van der Waals surface area contributed by atoms with Gasteiger partial charge >= 0.3 is 0 Å². The predicted molar refractivity (Wildman–Crippen MR) is 66.0 cm³/mol. The fourth-order valence-corrected chi connectivity index (χ4v) is 1.96. The van der Waals surface area contributed by atoms with Crippen LogP contribution in [0, 0.1) is 0 Å². The van der Waals surface area contributed by atoms with Gasteiger partial charge in [0.1, 0.15) is 0 Å². The van der Waals surface area contributed by atoms with Gasteiger partial charge < -0.3 is 15.3 Å². The number of aliphatic hydroxyl groups is 1. The van der Waals surface area contributed by atoms with Crippen LogP contribution in [0.15, 0.2) is 17.5 Å². The first-order valence-electron chi connectivity index (χ1n) is 5.23. The summed E-state index contributed by atoms with van der Waals surface area (Å²) < 4.78 is 0. The fourth-order valence-electron chi connectivity index (χ4n) is 1.24. The van der Waals surface area contributed by atoms with E-state index in [0.717, 1.165) is 0 Å². The maximum Gasteiger partial charge on any atom is 0.264 e. The fraction of sp³-hybridized carbons (Fsp3) is 0.455. The van der Waals surface area contributed by atoms with E-state index in [2.05, 4.69) is 5.32 Å². The Morgan fingerprint density at radius 2 is 2.29 bits per heavy atom. The van der Waals surface area contributed by atoms with Gasteiger partial charge in [0.05, 0.1) is 18.0 Å². The minimum absolute atomic E-state index is 0.0128. The third-order valence-electron chi connectivity index (χ3n) is 2.14. The Balaban J connectivity index is 2.46. The molecule has 5 nitrogen and oxygen atoms in total. The number of hydrogen-bond acceptors (Lipinski definition) is 4. The van der Waals surface area contributed by atoms with Gasteiger partial charge in [-0.25, -0.2) is 0 Å². The van der Waals surface area contributed by atoms with Crippen molar-refractivity contribution < 1.29 is 14.7 Å². The van der Waals surface area contributed by atoms with E-state index in [1.807, 2.05) is 5.38 Å². The predicted octanol–water partition coefficient (Wildman–Crippen LogP) is 0.317. The monoisotopic (exact) mass is 256 g/mol. The van der Waals surface area contributed by atoms with Crippen molar-refractivity contribution in [2.75, 3.05) is 20.2 Å². The summed E-state index contributed by atoms with van der Waals surface area (Å²) in [6, 6.07) is 3.21. The van der Waals surface area contributed by atoms with Gasteiger partial charge in [-0.3, -0.25) is 9.59 Å². The quantitative estimate of drug-likeness (QED) is 0.797. The van der Waals surface area contributed by atoms with Crippen LogP contribution in [0.4, 0.5) is 0 Å². The van der Waals surface area contributed by atoms with Gasteiger partial charge in [0.15, 0.2) is 0 Å². The number of rotatable bonds is 5. The normalized spacial score (nSPS) is 11.9. The molecule has 2 N–H and O–H groups in total. The largest absolute Gasteiger partial charge is 0.394 e. The van der Waals surface area contributed by atoms with E-state index in [1.54, 1.807) is 26.1 Å². The van der Waals surface area contributed by atoms with Gasteiger partial charge in [-0.1, -0.05) is 6.07 Å². The number of nitrogens with one attached hydrogen (secondary N) is 1. The number of likely N-dealkylation sites (N-methyl/N-ethyl adjacent to an activating group) is 1. The first-order valence-corrected chi connectivity index (χ1v) is 6.11. The summed E-state index contributed by atoms with van der Waals surface area (Å²) in [6.07, 6.45) is 0. The van der Waals surface area contributed by atoms with Crippen molar-refractivity contribution in [3.8, 4) is 0 Å². The van der Waals surface area contributed by atoms with E-state index in [-0.39, 0.29) is 31.0 Å². The number of thiophene rings is 1. The summed E-state index contributed by atoms with van der Waals surface area (Å²) in [5, 5.41) is 13.2. The van der Waals surface area contributed by atoms with Gasteiger partial charge in [0.25, 0.3) is 5.91 Å². The molecular weight excluding hydrogens is 240 g/mol. The number of hydrogen-bond donors (Lipinski definition) is 2. The van der Waals surface area contributed by atoms with E-state index in [1.165, 1.54) is 16.2 Å². The van der Waals surface area contributed by atoms with Crippen LogP contribution in [0.2, 0.25) is 0 Å². The van der Waals surface area contributed by atoms with E-state index < -0.39 is 0 Å². The van der Waals surface area contributed by atoms with Crippen LogP contribution in [-0.2, 0) is 4.79 Å². The van der Waals surface area contributed by atoms with Crippen LogP contribution in [-0.4, -0.2) is 48.1 Å². The second kappa shape index (κ2) is 6.36. The van der Waals surface area contributed by atoms with Crippen molar-refractivity contribution in [3.05, 3.63) is 22.4 Å². The molecule has 0 aliphatic heterocycles. The minimum atomic E-state index is -0.298. The molecule has 2 amide bonds. The molecule has 0 saturated carbocycles. The Bertz CT molecular complexity index is 378. The summed E-state index contributed by atoms with van der Waals surface area (Å²) in [5.74, 6) is -0.453. The van der Waals surface area contributed by atoms with Crippen molar-refractivity contribution in [1.82, 2.24) is 10.2 Å². The Labute approximate surface area is 104 Å². The standard InChI is InChI=1S/C11H16N2O3S/c1-8(7-14)12-10(15)6-13(2)11(16)9-4-3-5-17-9/h3-5,8,14H,6-7H2,1-2H3,(H,12,15). The van der Waals surface area contributed by atoms with Crippen LogP contribution in [0.3, 0.4) is 0 Å². The smallest absolute Gasteiger partial charge is 0.264 e. The molecule has 0 aromatic carbocycles. The zero-order valence-corrected chi connectivity index (χ0v) is 10.7. The molecule has 0 radical (unpaired) electrons. The van der Waals surface area contributed by atoms with Crippen molar-refractivity contribution in [3.63, 3.8) is 0 Å². The topological polar surface area (TPSA) is 69.6 Å². The summed E-state index contributed by atoms with van der Waals surface area (Å²) in [5.41, 5.74) is 0. The first-order chi connectivity index (χ1) is 8.04. The molecule has 94 valence electrons. The van der Waals surface area contributed by atoms with E-state index in [0.29, 0.717) is 4.88 Å². The molecule has 1 rings (SSSR count). The molecule has 0 aliphatic rings. The molecule has 0 aliphatic carbocycles.